The molecule has 2 aromatic rings. The Bertz CT molecular complexity index is 941. The number of halogens is 3. The summed E-state index contributed by atoms with van der Waals surface area (Å²) in [5, 5.41) is 6.95. The molecule has 0 saturated heterocycles. The summed E-state index contributed by atoms with van der Waals surface area (Å²) in [4.78, 5) is 4.19. The van der Waals surface area contributed by atoms with Gasteiger partial charge >= 0.3 is 12.4 Å². The van der Waals surface area contributed by atoms with Crippen LogP contribution in [-0.4, -0.2) is 43.3 Å². The van der Waals surface area contributed by atoms with Crippen LogP contribution in [0, 0.1) is 5.92 Å². The van der Waals surface area contributed by atoms with Gasteiger partial charge in [-0.3, -0.25) is 0 Å². The van der Waals surface area contributed by atoms with Crippen LogP contribution in [0.2, 0.25) is 0 Å². The maximum absolute atomic E-state index is 12.4. The van der Waals surface area contributed by atoms with E-state index < -0.39 is 16.4 Å². The van der Waals surface area contributed by atoms with E-state index in [-0.39, 0.29) is 35.3 Å². The van der Waals surface area contributed by atoms with Crippen LogP contribution in [-0.2, 0) is 10.0 Å². The molecule has 1 saturated carbocycles. The topological polar surface area (TPSA) is 106 Å². The van der Waals surface area contributed by atoms with Crippen molar-refractivity contribution < 1.29 is 30.8 Å². The zero-order valence-electron chi connectivity index (χ0n) is 16.3. The van der Waals surface area contributed by atoms with Crippen LogP contribution in [0.1, 0.15) is 32.6 Å². The van der Waals surface area contributed by atoms with Crippen LogP contribution in [0.5, 0.6) is 5.75 Å². The summed E-state index contributed by atoms with van der Waals surface area (Å²) < 4.78 is 71.9. The van der Waals surface area contributed by atoms with Crippen LogP contribution < -0.4 is 14.8 Å². The molecule has 0 atom stereocenters. The lowest BCUT2D eigenvalue weighted by Gasteiger charge is -2.28. The molecule has 30 heavy (non-hydrogen) atoms. The first-order valence-corrected chi connectivity index (χ1v) is 11.2. The normalized spacial score (nSPS) is 20.1. The fraction of sp³-hybridized carbons (Fsp3) is 0.556. The van der Waals surface area contributed by atoms with E-state index in [2.05, 4.69) is 24.9 Å². The molecule has 3 rings (SSSR count). The van der Waals surface area contributed by atoms with Crippen molar-refractivity contribution in [1.82, 2.24) is 14.9 Å². The third-order valence-corrected chi connectivity index (χ3v) is 6.26. The number of rotatable bonds is 8. The molecule has 0 spiro atoms. The van der Waals surface area contributed by atoms with Gasteiger partial charge in [0.1, 0.15) is 5.75 Å². The van der Waals surface area contributed by atoms with E-state index in [9.17, 15) is 21.6 Å². The molecule has 8 nitrogen and oxygen atoms in total. The SMILES string of the molecule is CCS(=O)(=O)NC[C@H]1CC[C@H](Nc2nc(-c3cccc(OC(F)(F)F)c3)no2)CC1. The molecule has 1 aromatic carbocycles. The Balaban J connectivity index is 1.53. The Kier molecular flexibility index (Phi) is 6.86. The maximum Gasteiger partial charge on any atom is 0.573 e. The van der Waals surface area contributed by atoms with Gasteiger partial charge in [0.05, 0.1) is 5.75 Å². The number of nitrogens with zero attached hydrogens (tertiary/aromatic N) is 2. The zero-order valence-corrected chi connectivity index (χ0v) is 17.1. The maximum atomic E-state index is 12.4. The van der Waals surface area contributed by atoms with E-state index in [1.54, 1.807) is 13.0 Å². The van der Waals surface area contributed by atoms with Crippen LogP contribution in [0.15, 0.2) is 28.8 Å². The number of benzene rings is 1. The molecular weight excluding hydrogens is 425 g/mol. The predicted molar refractivity (Wildman–Crippen MR) is 103 cm³/mol. The molecule has 0 bridgehead atoms. The van der Waals surface area contributed by atoms with Gasteiger partial charge < -0.3 is 14.6 Å². The Morgan fingerprint density at radius 2 is 1.97 bits per heavy atom. The molecule has 1 heterocycles. The van der Waals surface area contributed by atoms with E-state index in [0.717, 1.165) is 25.7 Å². The predicted octanol–water partition coefficient (Wildman–Crippen LogP) is 3.55. The standard InChI is InChI=1S/C18H23F3N4O4S/c1-2-30(26,27)22-11-12-6-8-14(9-7-12)23-17-24-16(25-29-17)13-4-3-5-15(10-13)28-18(19,20)21/h3-5,10,12,14,22H,2,6-9,11H2,1H3,(H,23,24,25)/t12-,14-. The highest BCUT2D eigenvalue weighted by Crippen LogP contribution is 2.29. The minimum atomic E-state index is -4.78. The minimum absolute atomic E-state index is 0.0641. The van der Waals surface area contributed by atoms with Crippen molar-refractivity contribution in [2.45, 2.75) is 45.0 Å². The first-order chi connectivity index (χ1) is 14.1. The molecule has 0 aliphatic heterocycles. The number of nitrogens with one attached hydrogen (secondary N) is 2. The summed E-state index contributed by atoms with van der Waals surface area (Å²) in [6.45, 7) is 2.03. The van der Waals surface area contributed by atoms with Crippen molar-refractivity contribution in [2.75, 3.05) is 17.6 Å². The van der Waals surface area contributed by atoms with E-state index in [0.29, 0.717) is 12.1 Å². The van der Waals surface area contributed by atoms with Gasteiger partial charge in [0.15, 0.2) is 0 Å². The number of alkyl halides is 3. The monoisotopic (exact) mass is 448 g/mol. The molecule has 1 aliphatic rings. The number of anilines is 1. The van der Waals surface area contributed by atoms with E-state index >= 15 is 0 Å². The molecule has 1 aromatic heterocycles. The molecule has 2 N–H and O–H groups in total. The van der Waals surface area contributed by atoms with Crippen molar-refractivity contribution in [3.8, 4) is 17.1 Å². The molecule has 166 valence electrons. The van der Waals surface area contributed by atoms with Gasteiger partial charge in [-0.05, 0) is 50.7 Å². The summed E-state index contributed by atoms with van der Waals surface area (Å²) in [6.07, 6.45) is -1.46. The molecule has 12 heteroatoms. The number of hydrogen-bond donors (Lipinski definition) is 2. The van der Waals surface area contributed by atoms with Gasteiger partial charge in [-0.15, -0.1) is 13.2 Å². The van der Waals surface area contributed by atoms with Crippen molar-refractivity contribution >= 4 is 16.0 Å². The summed E-state index contributed by atoms with van der Waals surface area (Å²) in [7, 11) is -3.19. The fourth-order valence-electron chi connectivity index (χ4n) is 3.26. The van der Waals surface area contributed by atoms with Gasteiger partial charge in [0.25, 0.3) is 0 Å². The Morgan fingerprint density at radius 3 is 2.63 bits per heavy atom. The molecule has 1 fully saturated rings. The molecular formula is C18H23F3N4O4S. The van der Waals surface area contributed by atoms with Crippen molar-refractivity contribution in [1.29, 1.82) is 0 Å². The second-order valence-corrected chi connectivity index (χ2v) is 9.21. The van der Waals surface area contributed by atoms with Crippen LogP contribution in [0.3, 0.4) is 0 Å². The number of ether oxygens (including phenoxy) is 1. The highest BCUT2D eigenvalue weighted by molar-refractivity contribution is 7.89. The lowest BCUT2D eigenvalue weighted by atomic mass is 9.86. The Hall–Kier alpha value is -2.34. The quantitative estimate of drug-likeness (QED) is 0.636. The summed E-state index contributed by atoms with van der Waals surface area (Å²) in [6, 6.07) is 5.62. The number of aromatic nitrogens is 2. The zero-order chi connectivity index (χ0) is 21.8. The van der Waals surface area contributed by atoms with Crippen molar-refractivity contribution in [3.63, 3.8) is 0 Å². The number of hydrogen-bond acceptors (Lipinski definition) is 7. The molecule has 1 aliphatic carbocycles. The van der Waals surface area contributed by atoms with Crippen LogP contribution in [0.4, 0.5) is 19.2 Å². The Labute approximate surface area is 172 Å². The van der Waals surface area contributed by atoms with Gasteiger partial charge in [-0.25, -0.2) is 13.1 Å². The third-order valence-electron chi connectivity index (χ3n) is 4.90. The fourth-order valence-corrected chi connectivity index (χ4v) is 3.96. The van der Waals surface area contributed by atoms with Crippen LogP contribution >= 0.6 is 0 Å². The highest BCUT2D eigenvalue weighted by Gasteiger charge is 2.31. The highest BCUT2D eigenvalue weighted by atomic mass is 32.2. The summed E-state index contributed by atoms with van der Waals surface area (Å²) in [5.74, 6) is 0.123. The smallest absolute Gasteiger partial charge is 0.406 e. The molecule has 0 amide bonds. The van der Waals surface area contributed by atoms with E-state index in [1.165, 1.54) is 18.2 Å². The van der Waals surface area contributed by atoms with Gasteiger partial charge in [0, 0.05) is 18.2 Å². The largest absolute Gasteiger partial charge is 0.573 e. The first kappa shape index (κ1) is 22.3. The van der Waals surface area contributed by atoms with E-state index in [4.69, 9.17) is 4.52 Å². The average molecular weight is 448 g/mol. The lowest BCUT2D eigenvalue weighted by Crippen LogP contribution is -2.34. The number of sulfonamides is 1. The van der Waals surface area contributed by atoms with E-state index in [1.807, 2.05) is 0 Å². The minimum Gasteiger partial charge on any atom is -0.406 e. The third kappa shape index (κ3) is 6.59. The first-order valence-electron chi connectivity index (χ1n) is 9.57. The lowest BCUT2D eigenvalue weighted by molar-refractivity contribution is -0.274. The Morgan fingerprint density at radius 1 is 1.23 bits per heavy atom. The molecule has 0 unspecified atom stereocenters. The average Bonchev–Trinajstić information content (AvgIpc) is 3.15. The molecule has 0 radical (unpaired) electrons. The van der Waals surface area contributed by atoms with Gasteiger partial charge in [0.2, 0.25) is 15.8 Å². The van der Waals surface area contributed by atoms with Gasteiger partial charge in [-0.2, -0.15) is 4.98 Å². The van der Waals surface area contributed by atoms with Crippen molar-refractivity contribution in [3.05, 3.63) is 24.3 Å². The van der Waals surface area contributed by atoms with Crippen LogP contribution in [0.25, 0.3) is 11.4 Å². The second kappa shape index (κ2) is 9.21. The summed E-state index contributed by atoms with van der Waals surface area (Å²) in [5.41, 5.74) is 0.334. The van der Waals surface area contributed by atoms with Gasteiger partial charge in [-0.1, -0.05) is 17.3 Å². The van der Waals surface area contributed by atoms with Crippen molar-refractivity contribution in [2.24, 2.45) is 5.92 Å². The summed E-state index contributed by atoms with van der Waals surface area (Å²) >= 11 is 0. The second-order valence-electron chi connectivity index (χ2n) is 7.11.